The number of carbonyl (C=O) groups excluding carboxylic acids is 2. The van der Waals surface area contributed by atoms with Gasteiger partial charge in [0, 0.05) is 19.1 Å². The molecule has 1 fully saturated rings. The number of carbonyl (C=O) groups is 3. The number of primary amides is 1. The molecule has 2 amide bonds. The molecule has 0 spiro atoms. The Kier molecular flexibility index (Phi) is 4.24. The van der Waals surface area contributed by atoms with Gasteiger partial charge < -0.3 is 20.9 Å². The van der Waals surface area contributed by atoms with Crippen molar-refractivity contribution in [1.29, 1.82) is 0 Å². The first-order valence-electron chi connectivity index (χ1n) is 7.52. The van der Waals surface area contributed by atoms with Gasteiger partial charge in [0.1, 0.15) is 5.54 Å². The maximum absolute atomic E-state index is 12.5. The quantitative estimate of drug-likeness (QED) is 0.695. The number of hydrogen-bond acceptors (Lipinski definition) is 5. The summed E-state index contributed by atoms with van der Waals surface area (Å²) in [4.78, 5) is 35.6. The summed E-state index contributed by atoms with van der Waals surface area (Å²) in [6, 6.07) is 9.70. The van der Waals surface area contributed by atoms with Gasteiger partial charge in [0.25, 0.3) is 5.91 Å². The van der Waals surface area contributed by atoms with Crippen molar-refractivity contribution in [3.63, 3.8) is 0 Å². The highest BCUT2D eigenvalue weighted by Crippen LogP contribution is 2.20. The number of carboxylic acid groups (broad SMARTS) is 1. The summed E-state index contributed by atoms with van der Waals surface area (Å²) in [6.07, 6.45) is 0.249. The number of aromatic carboxylic acids is 1. The molecule has 1 aliphatic heterocycles. The first-order valence-corrected chi connectivity index (χ1v) is 7.52. The van der Waals surface area contributed by atoms with Crippen LogP contribution in [-0.2, 0) is 9.53 Å². The number of amides is 2. The second-order valence-electron chi connectivity index (χ2n) is 5.67. The predicted molar refractivity (Wildman–Crippen MR) is 85.4 cm³/mol. The van der Waals surface area contributed by atoms with E-state index in [0.717, 1.165) is 10.7 Å². The van der Waals surface area contributed by atoms with Crippen LogP contribution in [0.3, 0.4) is 0 Å². The van der Waals surface area contributed by atoms with Gasteiger partial charge in [-0.3, -0.25) is 9.59 Å². The van der Waals surface area contributed by atoms with Gasteiger partial charge in [-0.15, -0.1) is 0 Å². The molecule has 3 rings (SSSR count). The van der Waals surface area contributed by atoms with Crippen LogP contribution in [-0.4, -0.2) is 51.4 Å². The summed E-state index contributed by atoms with van der Waals surface area (Å²) >= 11 is 0. The van der Waals surface area contributed by atoms with E-state index >= 15 is 0 Å². The van der Waals surface area contributed by atoms with Crippen LogP contribution in [0.4, 0.5) is 0 Å². The Labute approximate surface area is 142 Å². The highest BCUT2D eigenvalue weighted by Gasteiger charge is 2.42. The lowest BCUT2D eigenvalue weighted by molar-refractivity contribution is -0.124. The zero-order valence-corrected chi connectivity index (χ0v) is 13.1. The van der Waals surface area contributed by atoms with E-state index < -0.39 is 23.3 Å². The molecule has 0 saturated carbocycles. The van der Waals surface area contributed by atoms with Gasteiger partial charge in [-0.2, -0.15) is 5.10 Å². The highest BCUT2D eigenvalue weighted by molar-refractivity contribution is 5.99. The Hall–Kier alpha value is -3.20. The van der Waals surface area contributed by atoms with Gasteiger partial charge in [0.15, 0.2) is 11.4 Å². The molecule has 1 atom stereocenters. The Balaban J connectivity index is 1.94. The lowest BCUT2D eigenvalue weighted by Gasteiger charge is -2.24. The molecule has 25 heavy (non-hydrogen) atoms. The van der Waals surface area contributed by atoms with Crippen molar-refractivity contribution < 1.29 is 24.2 Å². The number of nitrogens with one attached hydrogen (secondary N) is 1. The Morgan fingerprint density at radius 1 is 1.28 bits per heavy atom. The summed E-state index contributed by atoms with van der Waals surface area (Å²) in [5, 5.41) is 16.0. The fourth-order valence-corrected chi connectivity index (χ4v) is 2.61. The molecule has 9 heteroatoms. The molecule has 2 heterocycles. The first kappa shape index (κ1) is 16.7. The minimum Gasteiger partial charge on any atom is -0.477 e. The second kappa shape index (κ2) is 6.36. The number of para-hydroxylation sites is 1. The third-order valence-electron chi connectivity index (χ3n) is 4.01. The van der Waals surface area contributed by atoms with E-state index in [1.54, 1.807) is 30.3 Å². The molecule has 0 bridgehead atoms. The van der Waals surface area contributed by atoms with Crippen LogP contribution < -0.4 is 11.1 Å². The minimum atomic E-state index is -1.31. The monoisotopic (exact) mass is 344 g/mol. The van der Waals surface area contributed by atoms with Crippen LogP contribution >= 0.6 is 0 Å². The molecule has 1 saturated heterocycles. The Morgan fingerprint density at radius 2 is 2.00 bits per heavy atom. The van der Waals surface area contributed by atoms with Gasteiger partial charge in [-0.25, -0.2) is 9.48 Å². The first-order chi connectivity index (χ1) is 11.9. The van der Waals surface area contributed by atoms with Gasteiger partial charge in [0.2, 0.25) is 5.91 Å². The zero-order valence-electron chi connectivity index (χ0n) is 13.1. The molecule has 1 unspecified atom stereocenters. The molecular weight excluding hydrogens is 328 g/mol. The van der Waals surface area contributed by atoms with E-state index in [2.05, 4.69) is 10.4 Å². The van der Waals surface area contributed by atoms with Crippen molar-refractivity contribution in [2.45, 2.75) is 12.0 Å². The second-order valence-corrected chi connectivity index (χ2v) is 5.67. The maximum Gasteiger partial charge on any atom is 0.354 e. The van der Waals surface area contributed by atoms with Crippen LogP contribution in [0, 0.1) is 0 Å². The fourth-order valence-electron chi connectivity index (χ4n) is 2.61. The van der Waals surface area contributed by atoms with Crippen LogP contribution in [0.25, 0.3) is 5.69 Å². The van der Waals surface area contributed by atoms with Crippen molar-refractivity contribution in [1.82, 2.24) is 15.1 Å². The number of benzene rings is 1. The maximum atomic E-state index is 12.5. The number of nitrogens with two attached hydrogens (primary N) is 1. The molecule has 0 aliphatic carbocycles. The van der Waals surface area contributed by atoms with Gasteiger partial charge in [0.05, 0.1) is 12.3 Å². The molecule has 4 N–H and O–H groups in total. The van der Waals surface area contributed by atoms with E-state index in [1.165, 1.54) is 0 Å². The molecule has 1 aromatic heterocycles. The van der Waals surface area contributed by atoms with Crippen LogP contribution in [0.1, 0.15) is 27.4 Å². The summed E-state index contributed by atoms with van der Waals surface area (Å²) < 4.78 is 6.31. The van der Waals surface area contributed by atoms with Crippen LogP contribution in [0.5, 0.6) is 0 Å². The molecule has 130 valence electrons. The fraction of sp³-hybridized carbons (Fsp3) is 0.250. The Morgan fingerprint density at radius 3 is 2.56 bits per heavy atom. The molecule has 1 aromatic carbocycles. The van der Waals surface area contributed by atoms with Crippen molar-refractivity contribution in [2.75, 3.05) is 13.2 Å². The summed E-state index contributed by atoms with van der Waals surface area (Å²) in [7, 11) is 0. The number of nitrogens with zero attached hydrogens (tertiary/aromatic N) is 2. The third kappa shape index (κ3) is 3.09. The zero-order chi connectivity index (χ0) is 18.0. The SMILES string of the molecule is NC(=O)C1(NC(=O)c2cc(C(=O)O)n(-c3ccccc3)n2)CCOC1. The van der Waals surface area contributed by atoms with E-state index in [-0.39, 0.29) is 24.4 Å². The number of ether oxygens (including phenoxy) is 1. The average molecular weight is 344 g/mol. The van der Waals surface area contributed by atoms with Gasteiger partial charge in [-0.05, 0) is 12.1 Å². The van der Waals surface area contributed by atoms with E-state index in [0.29, 0.717) is 12.3 Å². The molecule has 2 aromatic rings. The largest absolute Gasteiger partial charge is 0.477 e. The topological polar surface area (TPSA) is 137 Å². The van der Waals surface area contributed by atoms with Crippen LogP contribution in [0.2, 0.25) is 0 Å². The summed E-state index contributed by atoms with van der Waals surface area (Å²) in [5.74, 6) is -2.63. The van der Waals surface area contributed by atoms with E-state index in [9.17, 15) is 19.5 Å². The van der Waals surface area contributed by atoms with Crippen molar-refractivity contribution in [3.8, 4) is 5.69 Å². The minimum absolute atomic E-state index is 0.0285. The van der Waals surface area contributed by atoms with Gasteiger partial charge in [-0.1, -0.05) is 18.2 Å². The molecule has 9 nitrogen and oxygen atoms in total. The van der Waals surface area contributed by atoms with Crippen molar-refractivity contribution in [3.05, 3.63) is 47.8 Å². The van der Waals surface area contributed by atoms with E-state index in [4.69, 9.17) is 10.5 Å². The lowest BCUT2D eigenvalue weighted by Crippen LogP contribution is -2.58. The van der Waals surface area contributed by atoms with Gasteiger partial charge >= 0.3 is 5.97 Å². The number of aromatic nitrogens is 2. The summed E-state index contributed by atoms with van der Waals surface area (Å²) in [6.45, 7) is 0.265. The van der Waals surface area contributed by atoms with Crippen LogP contribution in [0.15, 0.2) is 36.4 Å². The standard InChI is InChI=1S/C16H16N4O5/c17-15(24)16(6-7-25-9-16)18-13(21)11-8-12(14(22)23)20(19-11)10-4-2-1-3-5-10/h1-5,8H,6-7,9H2,(H2,17,24)(H,18,21)(H,22,23). The lowest BCUT2D eigenvalue weighted by atomic mass is 9.97. The van der Waals surface area contributed by atoms with Crippen molar-refractivity contribution >= 4 is 17.8 Å². The number of rotatable bonds is 5. The highest BCUT2D eigenvalue weighted by atomic mass is 16.5. The summed E-state index contributed by atoms with van der Waals surface area (Å²) in [5.41, 5.74) is 4.26. The normalized spacial score (nSPS) is 19.5. The number of carboxylic acids is 1. The average Bonchev–Trinajstić information content (AvgIpc) is 3.23. The molecule has 1 aliphatic rings. The van der Waals surface area contributed by atoms with Crippen molar-refractivity contribution in [2.24, 2.45) is 5.73 Å². The van der Waals surface area contributed by atoms with E-state index in [1.807, 2.05) is 0 Å². The Bertz CT molecular complexity index is 824. The molecular formula is C16H16N4O5. The predicted octanol–water partition coefficient (Wildman–Crippen LogP) is -0.0553. The third-order valence-corrected chi connectivity index (χ3v) is 4.01. The smallest absolute Gasteiger partial charge is 0.354 e. The number of hydrogen-bond donors (Lipinski definition) is 3. The molecule has 0 radical (unpaired) electrons.